The van der Waals surface area contributed by atoms with E-state index in [9.17, 15) is 18.0 Å². The van der Waals surface area contributed by atoms with Gasteiger partial charge in [0.15, 0.2) is 0 Å². The van der Waals surface area contributed by atoms with E-state index >= 15 is 0 Å². The molecule has 0 unspecified atom stereocenters. The molecule has 0 fully saturated rings. The number of nitrogens with one attached hydrogen (secondary N) is 1. The van der Waals surface area contributed by atoms with Gasteiger partial charge in [0.2, 0.25) is 0 Å². The van der Waals surface area contributed by atoms with Gasteiger partial charge in [0.25, 0.3) is 5.91 Å². The number of alkyl halides is 3. The van der Waals surface area contributed by atoms with Crippen molar-refractivity contribution in [3.63, 3.8) is 0 Å². The molecule has 20 heavy (non-hydrogen) atoms. The molecule has 0 atom stereocenters. The van der Waals surface area contributed by atoms with Crippen LogP contribution in [0.3, 0.4) is 0 Å². The quantitative estimate of drug-likeness (QED) is 0.831. The van der Waals surface area contributed by atoms with Gasteiger partial charge in [-0.2, -0.15) is 18.3 Å². The lowest BCUT2D eigenvalue weighted by molar-refractivity contribution is -0.136. The Morgan fingerprint density at radius 2 is 2.10 bits per heavy atom. The number of nitrogens with two attached hydrogens (primary N) is 1. The fourth-order valence-electron chi connectivity index (χ4n) is 1.69. The summed E-state index contributed by atoms with van der Waals surface area (Å²) < 4.78 is 39.5. The summed E-state index contributed by atoms with van der Waals surface area (Å²) >= 11 is 0. The molecule has 0 bridgehead atoms. The van der Waals surface area contributed by atoms with E-state index in [0.29, 0.717) is 5.69 Å². The van der Waals surface area contributed by atoms with E-state index in [-0.39, 0.29) is 5.56 Å². The molecule has 106 valence electrons. The summed E-state index contributed by atoms with van der Waals surface area (Å²) in [6.07, 6.45) is -1.71. The number of rotatable bonds is 2. The van der Waals surface area contributed by atoms with Gasteiger partial charge in [-0.15, -0.1) is 0 Å². The van der Waals surface area contributed by atoms with Crippen LogP contribution in [0.25, 0.3) is 0 Å². The number of carbonyl (C=O) groups is 1. The average Bonchev–Trinajstić information content (AvgIpc) is 2.73. The Hall–Kier alpha value is -2.51. The highest BCUT2D eigenvalue weighted by Crippen LogP contribution is 2.35. The number of carbonyl (C=O) groups excluding carboxylic acids is 1. The second kappa shape index (κ2) is 4.87. The summed E-state index contributed by atoms with van der Waals surface area (Å²) in [6, 6.07) is 3.20. The largest absolute Gasteiger partial charge is 0.418 e. The molecule has 5 nitrogen and oxygen atoms in total. The topological polar surface area (TPSA) is 72.9 Å². The molecule has 1 heterocycles. The first-order valence-corrected chi connectivity index (χ1v) is 5.54. The Morgan fingerprint density at radius 1 is 1.40 bits per heavy atom. The van der Waals surface area contributed by atoms with Crippen molar-refractivity contribution in [2.75, 3.05) is 11.1 Å². The first-order chi connectivity index (χ1) is 9.29. The van der Waals surface area contributed by atoms with Gasteiger partial charge in [-0.25, -0.2) is 0 Å². The Labute approximate surface area is 112 Å². The lowest BCUT2D eigenvalue weighted by atomic mass is 10.1. The smallest absolute Gasteiger partial charge is 0.398 e. The molecule has 0 radical (unpaired) electrons. The number of benzene rings is 1. The number of aryl methyl sites for hydroxylation is 1. The van der Waals surface area contributed by atoms with Crippen molar-refractivity contribution in [3.8, 4) is 0 Å². The van der Waals surface area contributed by atoms with Gasteiger partial charge >= 0.3 is 6.18 Å². The summed E-state index contributed by atoms with van der Waals surface area (Å²) in [6.45, 7) is 0. The first kappa shape index (κ1) is 13.9. The summed E-state index contributed by atoms with van der Waals surface area (Å²) in [4.78, 5) is 11.9. The number of anilines is 2. The third kappa shape index (κ3) is 2.73. The summed E-state index contributed by atoms with van der Waals surface area (Å²) in [5.41, 5.74) is 3.94. The number of halogens is 3. The van der Waals surface area contributed by atoms with Crippen molar-refractivity contribution in [2.45, 2.75) is 6.18 Å². The van der Waals surface area contributed by atoms with Crippen molar-refractivity contribution in [1.82, 2.24) is 9.78 Å². The highest BCUT2D eigenvalue weighted by molar-refractivity contribution is 6.08. The molecule has 0 aliphatic heterocycles. The van der Waals surface area contributed by atoms with Crippen molar-refractivity contribution >= 4 is 17.3 Å². The predicted octanol–water partition coefficient (Wildman–Crippen LogP) is 2.27. The van der Waals surface area contributed by atoms with E-state index in [1.165, 1.54) is 23.1 Å². The first-order valence-electron chi connectivity index (χ1n) is 5.54. The number of aromatic nitrogens is 2. The van der Waals surface area contributed by atoms with Crippen LogP contribution in [0.1, 0.15) is 15.9 Å². The van der Waals surface area contributed by atoms with Crippen LogP contribution in [0.2, 0.25) is 0 Å². The zero-order chi connectivity index (χ0) is 14.9. The van der Waals surface area contributed by atoms with Gasteiger partial charge < -0.3 is 11.1 Å². The van der Waals surface area contributed by atoms with Gasteiger partial charge in [-0.1, -0.05) is 6.07 Å². The Balaban J connectivity index is 2.31. The van der Waals surface area contributed by atoms with Crippen molar-refractivity contribution < 1.29 is 18.0 Å². The van der Waals surface area contributed by atoms with Crippen LogP contribution in [0.4, 0.5) is 24.5 Å². The van der Waals surface area contributed by atoms with Gasteiger partial charge in [0.05, 0.1) is 28.7 Å². The molecule has 1 amide bonds. The minimum atomic E-state index is -4.60. The maximum Gasteiger partial charge on any atom is 0.418 e. The Bertz CT molecular complexity index is 648. The van der Waals surface area contributed by atoms with Crippen LogP contribution in [0, 0.1) is 0 Å². The molecular formula is C12H11F3N4O. The molecule has 0 spiro atoms. The van der Waals surface area contributed by atoms with Crippen molar-refractivity contribution in [3.05, 3.63) is 41.7 Å². The molecule has 2 rings (SSSR count). The number of hydrogen-bond acceptors (Lipinski definition) is 3. The molecule has 1 aromatic heterocycles. The second-order valence-corrected chi connectivity index (χ2v) is 4.12. The summed E-state index contributed by atoms with van der Waals surface area (Å²) in [5, 5.41) is 6.26. The predicted molar refractivity (Wildman–Crippen MR) is 67.0 cm³/mol. The molecule has 8 heteroatoms. The average molecular weight is 284 g/mol. The van der Waals surface area contributed by atoms with E-state index in [0.717, 1.165) is 12.1 Å². The van der Waals surface area contributed by atoms with Crippen LogP contribution >= 0.6 is 0 Å². The van der Waals surface area contributed by atoms with Crippen LogP contribution in [0.15, 0.2) is 30.6 Å². The number of para-hydroxylation sites is 1. The van der Waals surface area contributed by atoms with E-state index in [2.05, 4.69) is 10.4 Å². The monoisotopic (exact) mass is 284 g/mol. The lowest BCUT2D eigenvalue weighted by Gasteiger charge is -2.13. The van der Waals surface area contributed by atoms with Gasteiger partial charge in [-0.3, -0.25) is 9.48 Å². The molecule has 0 aliphatic rings. The standard InChI is InChI=1S/C12H11F3N4O/c1-19-6-7(5-17-19)18-11(20)8-3-2-4-9(10(8)16)12(13,14)15/h2-6H,16H2,1H3,(H,18,20). The zero-order valence-corrected chi connectivity index (χ0v) is 10.4. The number of nitrogen functional groups attached to an aromatic ring is 1. The highest BCUT2D eigenvalue weighted by Gasteiger charge is 2.34. The van der Waals surface area contributed by atoms with Crippen LogP contribution in [-0.4, -0.2) is 15.7 Å². The third-order valence-corrected chi connectivity index (χ3v) is 2.62. The SMILES string of the molecule is Cn1cc(NC(=O)c2cccc(C(F)(F)F)c2N)cn1. The van der Waals surface area contributed by atoms with Gasteiger partial charge in [0, 0.05) is 13.2 Å². The van der Waals surface area contributed by atoms with E-state index in [1.807, 2.05) is 0 Å². The zero-order valence-electron chi connectivity index (χ0n) is 10.4. The summed E-state index contributed by atoms with van der Waals surface area (Å²) in [7, 11) is 1.65. The van der Waals surface area contributed by atoms with Crippen molar-refractivity contribution in [1.29, 1.82) is 0 Å². The minimum absolute atomic E-state index is 0.233. The molecule has 1 aromatic carbocycles. The third-order valence-electron chi connectivity index (χ3n) is 2.62. The number of nitrogens with zero attached hydrogens (tertiary/aromatic N) is 2. The molecule has 3 N–H and O–H groups in total. The summed E-state index contributed by atoms with van der Waals surface area (Å²) in [5.74, 6) is -0.721. The molecule has 0 saturated carbocycles. The number of amides is 1. The normalized spacial score (nSPS) is 11.4. The Kier molecular flexibility index (Phi) is 3.39. The van der Waals surface area contributed by atoms with Gasteiger partial charge in [-0.05, 0) is 12.1 Å². The number of hydrogen-bond donors (Lipinski definition) is 2. The lowest BCUT2D eigenvalue weighted by Crippen LogP contribution is -2.17. The molecular weight excluding hydrogens is 273 g/mol. The van der Waals surface area contributed by atoms with Crippen LogP contribution in [-0.2, 0) is 13.2 Å². The maximum absolute atomic E-state index is 12.7. The van der Waals surface area contributed by atoms with E-state index in [1.54, 1.807) is 7.05 Å². The van der Waals surface area contributed by atoms with Crippen LogP contribution in [0.5, 0.6) is 0 Å². The molecule has 0 aliphatic carbocycles. The van der Waals surface area contributed by atoms with Gasteiger partial charge in [0.1, 0.15) is 0 Å². The molecule has 0 saturated heterocycles. The van der Waals surface area contributed by atoms with E-state index in [4.69, 9.17) is 5.73 Å². The molecule has 2 aromatic rings. The van der Waals surface area contributed by atoms with E-state index < -0.39 is 23.3 Å². The fourth-order valence-corrected chi connectivity index (χ4v) is 1.69. The minimum Gasteiger partial charge on any atom is -0.398 e. The maximum atomic E-state index is 12.7. The van der Waals surface area contributed by atoms with Crippen molar-refractivity contribution in [2.24, 2.45) is 7.05 Å². The van der Waals surface area contributed by atoms with Crippen LogP contribution < -0.4 is 11.1 Å². The Morgan fingerprint density at radius 3 is 2.65 bits per heavy atom. The second-order valence-electron chi connectivity index (χ2n) is 4.12. The highest BCUT2D eigenvalue weighted by atomic mass is 19.4. The fraction of sp³-hybridized carbons (Fsp3) is 0.167.